The zero-order valence-corrected chi connectivity index (χ0v) is 16.5. The second-order valence-electron chi connectivity index (χ2n) is 7.21. The van der Waals surface area contributed by atoms with Crippen LogP contribution in [0, 0.1) is 6.92 Å². The molecule has 0 N–H and O–H groups in total. The molecule has 0 heterocycles. The van der Waals surface area contributed by atoms with Gasteiger partial charge in [0, 0.05) is 0 Å². The van der Waals surface area contributed by atoms with Crippen molar-refractivity contribution in [3.8, 4) is 0 Å². The first-order valence-corrected chi connectivity index (χ1v) is 11.1. The van der Waals surface area contributed by atoms with E-state index < -0.39 is 21.1 Å². The van der Waals surface area contributed by atoms with E-state index in [9.17, 15) is 13.2 Å². The molecule has 0 saturated heterocycles. The maximum Gasteiger partial charge on any atom is 0.307 e. The van der Waals surface area contributed by atoms with Gasteiger partial charge >= 0.3 is 5.97 Å². The fraction of sp³-hybridized carbons (Fsp3) is 0.409. The standard InChI is InChI=1S/C22H26O4S/c1-17-12-14-20(15-13-17)27(24,25)21(18-8-4-2-5-9-18)16-22(23)26-19-10-6-3-7-11-19/h2,4-5,8-9,12-15,19,21H,3,6-7,10-11,16H2,1H3. The summed E-state index contributed by atoms with van der Waals surface area (Å²) in [7, 11) is -3.71. The van der Waals surface area contributed by atoms with Crippen LogP contribution in [0.1, 0.15) is 54.9 Å². The number of carbonyl (C=O) groups is 1. The van der Waals surface area contributed by atoms with E-state index in [4.69, 9.17) is 4.74 Å². The zero-order valence-electron chi connectivity index (χ0n) is 15.6. The van der Waals surface area contributed by atoms with Crippen molar-refractivity contribution in [2.45, 2.75) is 61.7 Å². The van der Waals surface area contributed by atoms with E-state index in [1.54, 1.807) is 48.5 Å². The molecule has 27 heavy (non-hydrogen) atoms. The van der Waals surface area contributed by atoms with Gasteiger partial charge < -0.3 is 4.74 Å². The number of aryl methyl sites for hydroxylation is 1. The fourth-order valence-electron chi connectivity index (χ4n) is 3.53. The van der Waals surface area contributed by atoms with E-state index in [1.807, 2.05) is 13.0 Å². The fourth-order valence-corrected chi connectivity index (χ4v) is 5.25. The van der Waals surface area contributed by atoms with Gasteiger partial charge in [0.05, 0.1) is 11.3 Å². The summed E-state index contributed by atoms with van der Waals surface area (Å²) in [6.45, 7) is 1.91. The molecule has 0 spiro atoms. The van der Waals surface area contributed by atoms with E-state index >= 15 is 0 Å². The second kappa shape index (κ2) is 8.70. The Morgan fingerprint density at radius 2 is 1.63 bits per heavy atom. The van der Waals surface area contributed by atoms with Gasteiger partial charge in [-0.2, -0.15) is 0 Å². The smallest absolute Gasteiger partial charge is 0.307 e. The van der Waals surface area contributed by atoms with Crippen LogP contribution < -0.4 is 0 Å². The van der Waals surface area contributed by atoms with E-state index in [1.165, 1.54) is 6.42 Å². The maximum atomic E-state index is 13.3. The van der Waals surface area contributed by atoms with Crippen LogP contribution in [0.2, 0.25) is 0 Å². The lowest BCUT2D eigenvalue weighted by molar-refractivity contribution is -0.150. The molecule has 0 bridgehead atoms. The molecule has 2 aromatic carbocycles. The number of hydrogen-bond donors (Lipinski definition) is 0. The van der Waals surface area contributed by atoms with Crippen molar-refractivity contribution in [3.63, 3.8) is 0 Å². The molecule has 0 aliphatic heterocycles. The summed E-state index contributed by atoms with van der Waals surface area (Å²) in [5, 5.41) is -0.947. The molecule has 1 aliphatic carbocycles. The summed E-state index contributed by atoms with van der Waals surface area (Å²) in [6.07, 6.45) is 4.77. The third-order valence-electron chi connectivity index (χ3n) is 5.10. The minimum absolute atomic E-state index is 0.0789. The highest BCUT2D eigenvalue weighted by Crippen LogP contribution is 2.33. The third-order valence-corrected chi connectivity index (χ3v) is 7.22. The lowest BCUT2D eigenvalue weighted by atomic mass is 9.98. The number of esters is 1. The predicted molar refractivity (Wildman–Crippen MR) is 105 cm³/mol. The zero-order chi connectivity index (χ0) is 19.3. The molecule has 1 aliphatic rings. The number of hydrogen-bond acceptors (Lipinski definition) is 4. The first-order valence-electron chi connectivity index (χ1n) is 9.52. The molecule has 1 fully saturated rings. The highest BCUT2D eigenvalue weighted by atomic mass is 32.2. The van der Waals surface area contributed by atoms with Crippen molar-refractivity contribution in [1.82, 2.24) is 0 Å². The van der Waals surface area contributed by atoms with Crippen LogP contribution >= 0.6 is 0 Å². The maximum absolute atomic E-state index is 13.3. The van der Waals surface area contributed by atoms with E-state index in [0.717, 1.165) is 31.2 Å². The SMILES string of the molecule is Cc1ccc(S(=O)(=O)C(CC(=O)OC2CCCCC2)c2ccccc2)cc1. The van der Waals surface area contributed by atoms with Crippen molar-refractivity contribution >= 4 is 15.8 Å². The van der Waals surface area contributed by atoms with Crippen LogP contribution in [0.25, 0.3) is 0 Å². The Morgan fingerprint density at radius 1 is 1.00 bits per heavy atom. The first-order chi connectivity index (χ1) is 13.0. The number of ether oxygens (including phenoxy) is 1. The van der Waals surface area contributed by atoms with Gasteiger partial charge in [-0.15, -0.1) is 0 Å². The van der Waals surface area contributed by atoms with Crippen LogP contribution in [0.4, 0.5) is 0 Å². The molecule has 1 saturated carbocycles. The summed E-state index contributed by atoms with van der Waals surface area (Å²) in [4.78, 5) is 12.8. The average Bonchev–Trinajstić information content (AvgIpc) is 2.68. The van der Waals surface area contributed by atoms with Crippen molar-refractivity contribution in [2.24, 2.45) is 0 Å². The molecule has 3 rings (SSSR count). The number of carbonyl (C=O) groups excluding carboxylic acids is 1. The molecular formula is C22H26O4S. The lowest BCUT2D eigenvalue weighted by Gasteiger charge is -2.23. The van der Waals surface area contributed by atoms with E-state index in [0.29, 0.717) is 5.56 Å². The number of rotatable bonds is 6. The Hall–Kier alpha value is -2.14. The summed E-state index contributed by atoms with van der Waals surface area (Å²) < 4.78 is 32.1. The van der Waals surface area contributed by atoms with Crippen molar-refractivity contribution in [2.75, 3.05) is 0 Å². The Balaban J connectivity index is 1.85. The van der Waals surface area contributed by atoms with Gasteiger partial charge in [0.25, 0.3) is 0 Å². The van der Waals surface area contributed by atoms with Gasteiger partial charge in [0.1, 0.15) is 11.4 Å². The van der Waals surface area contributed by atoms with E-state index in [-0.39, 0.29) is 17.4 Å². The molecule has 144 valence electrons. The molecule has 1 unspecified atom stereocenters. The molecule has 5 heteroatoms. The predicted octanol–water partition coefficient (Wildman–Crippen LogP) is 4.78. The molecular weight excluding hydrogens is 360 g/mol. The second-order valence-corrected chi connectivity index (χ2v) is 9.34. The molecule has 2 aromatic rings. The topological polar surface area (TPSA) is 60.4 Å². The van der Waals surface area contributed by atoms with Gasteiger partial charge in [-0.3, -0.25) is 4.79 Å². The molecule has 0 radical (unpaired) electrons. The molecule has 0 aromatic heterocycles. The quantitative estimate of drug-likeness (QED) is 0.671. The summed E-state index contributed by atoms with van der Waals surface area (Å²) in [5.74, 6) is -0.438. The summed E-state index contributed by atoms with van der Waals surface area (Å²) in [5.41, 5.74) is 1.60. The normalized spacial score (nSPS) is 16.6. The van der Waals surface area contributed by atoms with Gasteiger partial charge in [-0.25, -0.2) is 8.42 Å². The Kier molecular flexibility index (Phi) is 6.32. The highest BCUT2D eigenvalue weighted by molar-refractivity contribution is 7.91. The van der Waals surface area contributed by atoms with Gasteiger partial charge in [-0.1, -0.05) is 54.4 Å². The Labute approximate surface area is 161 Å². The summed E-state index contributed by atoms with van der Waals surface area (Å²) >= 11 is 0. The summed E-state index contributed by atoms with van der Waals surface area (Å²) in [6, 6.07) is 15.7. The van der Waals surface area contributed by atoms with Crippen molar-refractivity contribution in [1.29, 1.82) is 0 Å². The van der Waals surface area contributed by atoms with Crippen LogP contribution in [-0.4, -0.2) is 20.5 Å². The molecule has 1 atom stereocenters. The third kappa shape index (κ3) is 4.98. The largest absolute Gasteiger partial charge is 0.462 e. The van der Waals surface area contributed by atoms with Crippen molar-refractivity contribution in [3.05, 3.63) is 65.7 Å². The molecule has 0 amide bonds. The van der Waals surface area contributed by atoms with Gasteiger partial charge in [0.15, 0.2) is 9.84 Å². The lowest BCUT2D eigenvalue weighted by Crippen LogP contribution is -2.24. The van der Waals surface area contributed by atoms with Gasteiger partial charge in [0.2, 0.25) is 0 Å². The first kappa shape index (κ1) is 19.6. The van der Waals surface area contributed by atoms with E-state index in [2.05, 4.69) is 0 Å². The average molecular weight is 387 g/mol. The highest BCUT2D eigenvalue weighted by Gasteiger charge is 2.32. The molecule has 4 nitrogen and oxygen atoms in total. The monoisotopic (exact) mass is 386 g/mol. The van der Waals surface area contributed by atoms with Crippen LogP contribution in [-0.2, 0) is 19.4 Å². The Morgan fingerprint density at radius 3 is 2.26 bits per heavy atom. The number of benzene rings is 2. The van der Waals surface area contributed by atoms with Gasteiger partial charge in [-0.05, 0) is 50.3 Å². The minimum Gasteiger partial charge on any atom is -0.462 e. The van der Waals surface area contributed by atoms with Crippen LogP contribution in [0.15, 0.2) is 59.5 Å². The Bertz CT molecular complexity index is 851. The minimum atomic E-state index is -3.71. The van der Waals surface area contributed by atoms with Crippen LogP contribution in [0.3, 0.4) is 0 Å². The number of sulfone groups is 1. The van der Waals surface area contributed by atoms with Crippen molar-refractivity contribution < 1.29 is 17.9 Å². The van der Waals surface area contributed by atoms with Crippen LogP contribution in [0.5, 0.6) is 0 Å².